The number of carbonyl (C=O) groups is 2. The van der Waals surface area contributed by atoms with E-state index in [0.717, 1.165) is 0 Å². The zero-order valence-electron chi connectivity index (χ0n) is 14.4. The highest BCUT2D eigenvalue weighted by atomic mass is 32.2. The number of carbonyl (C=O) groups excluding carboxylic acids is 2. The average molecular weight is 362 g/mol. The Morgan fingerprint density at radius 2 is 1.96 bits per heavy atom. The van der Waals surface area contributed by atoms with Gasteiger partial charge in [-0.25, -0.2) is 13.2 Å². The van der Waals surface area contributed by atoms with E-state index >= 15 is 0 Å². The van der Waals surface area contributed by atoms with E-state index in [1.54, 1.807) is 25.7 Å². The Morgan fingerprint density at radius 1 is 1.29 bits per heavy atom. The summed E-state index contributed by atoms with van der Waals surface area (Å²) in [6, 6.07) is 0. The largest absolute Gasteiger partial charge is 0.444 e. The molecule has 1 N–H and O–H groups in total. The summed E-state index contributed by atoms with van der Waals surface area (Å²) in [5.41, 5.74) is -0.568. The van der Waals surface area contributed by atoms with E-state index in [1.165, 1.54) is 0 Å². The maximum absolute atomic E-state index is 12.1. The van der Waals surface area contributed by atoms with Crippen molar-refractivity contribution < 1.29 is 27.5 Å². The summed E-state index contributed by atoms with van der Waals surface area (Å²) in [4.78, 5) is 25.4. The van der Waals surface area contributed by atoms with Crippen LogP contribution in [0.1, 0.15) is 46.5 Å². The summed E-state index contributed by atoms with van der Waals surface area (Å²) >= 11 is 0. The summed E-state index contributed by atoms with van der Waals surface area (Å²) in [5, 5.41) is -0.421. The smallest absolute Gasteiger partial charge is 0.410 e. The molecule has 1 atom stereocenters. The maximum atomic E-state index is 12.1. The predicted molar refractivity (Wildman–Crippen MR) is 86.9 cm³/mol. The van der Waals surface area contributed by atoms with Gasteiger partial charge in [-0.05, 0) is 40.0 Å². The standard InChI is InChI=1S/C15H26N2O6S/c1-15(2,3)23-14(19)17-8-9-22-11(10-17)4-7-13(18)16-24(20,21)12-5-6-12/h11-12H,4-10H2,1-3H3,(H,16,18). The Bertz CT molecular complexity index is 579. The molecule has 0 radical (unpaired) electrons. The van der Waals surface area contributed by atoms with Crippen LogP contribution in [0.2, 0.25) is 0 Å². The van der Waals surface area contributed by atoms with Crippen LogP contribution < -0.4 is 4.72 Å². The fourth-order valence-corrected chi connectivity index (χ4v) is 3.69. The first-order chi connectivity index (χ1) is 11.1. The minimum atomic E-state index is -3.51. The van der Waals surface area contributed by atoms with Gasteiger partial charge in [-0.3, -0.25) is 9.52 Å². The number of nitrogens with zero attached hydrogens (tertiary/aromatic N) is 1. The van der Waals surface area contributed by atoms with Gasteiger partial charge in [0.05, 0.1) is 24.5 Å². The van der Waals surface area contributed by atoms with Crippen LogP contribution in [0.3, 0.4) is 0 Å². The number of morpholine rings is 1. The maximum Gasteiger partial charge on any atom is 0.410 e. The van der Waals surface area contributed by atoms with Crippen LogP contribution in [0.5, 0.6) is 0 Å². The van der Waals surface area contributed by atoms with Gasteiger partial charge in [-0.2, -0.15) is 0 Å². The highest BCUT2D eigenvalue weighted by Gasteiger charge is 2.37. The molecule has 8 nitrogen and oxygen atoms in total. The molecule has 1 heterocycles. The molecule has 1 unspecified atom stereocenters. The third kappa shape index (κ3) is 5.94. The summed E-state index contributed by atoms with van der Waals surface area (Å²) in [5.74, 6) is -0.528. The van der Waals surface area contributed by atoms with Crippen LogP contribution in [0.15, 0.2) is 0 Å². The van der Waals surface area contributed by atoms with Crippen molar-refractivity contribution in [1.82, 2.24) is 9.62 Å². The Morgan fingerprint density at radius 3 is 2.54 bits per heavy atom. The lowest BCUT2D eigenvalue weighted by molar-refractivity contribution is -0.120. The molecule has 138 valence electrons. The lowest BCUT2D eigenvalue weighted by Gasteiger charge is -2.34. The molecule has 0 aromatic rings. The van der Waals surface area contributed by atoms with Crippen molar-refractivity contribution in [3.8, 4) is 0 Å². The van der Waals surface area contributed by atoms with E-state index < -0.39 is 32.9 Å². The van der Waals surface area contributed by atoms with Gasteiger partial charge in [0.15, 0.2) is 0 Å². The Balaban J connectivity index is 1.76. The molecular formula is C15H26N2O6S. The Labute approximate surface area is 142 Å². The number of nitrogens with one attached hydrogen (secondary N) is 1. The van der Waals surface area contributed by atoms with Crippen LogP contribution in [0.4, 0.5) is 4.79 Å². The molecule has 0 bridgehead atoms. The van der Waals surface area contributed by atoms with Crippen LogP contribution in [0.25, 0.3) is 0 Å². The lowest BCUT2D eigenvalue weighted by atomic mass is 10.1. The van der Waals surface area contributed by atoms with Gasteiger partial charge >= 0.3 is 6.09 Å². The second-order valence-electron chi connectivity index (χ2n) is 7.23. The second-order valence-corrected chi connectivity index (χ2v) is 9.19. The molecule has 2 amide bonds. The molecule has 0 aromatic heterocycles. The molecule has 24 heavy (non-hydrogen) atoms. The predicted octanol–water partition coefficient (Wildman–Crippen LogP) is 1.01. The molecule has 0 spiro atoms. The van der Waals surface area contributed by atoms with Gasteiger partial charge in [-0.1, -0.05) is 0 Å². The van der Waals surface area contributed by atoms with Crippen molar-refractivity contribution in [2.75, 3.05) is 19.7 Å². The highest BCUT2D eigenvalue weighted by Crippen LogP contribution is 2.27. The number of ether oxygens (including phenoxy) is 2. The number of hydrogen-bond acceptors (Lipinski definition) is 6. The van der Waals surface area contributed by atoms with Crippen molar-refractivity contribution in [3.63, 3.8) is 0 Å². The van der Waals surface area contributed by atoms with Gasteiger partial charge in [0.25, 0.3) is 0 Å². The first-order valence-electron chi connectivity index (χ1n) is 8.21. The Kier molecular flexibility index (Phi) is 5.74. The normalized spacial score (nSPS) is 22.1. The molecule has 1 saturated carbocycles. The first kappa shape index (κ1) is 19.0. The SMILES string of the molecule is CC(C)(C)OC(=O)N1CCOC(CCC(=O)NS(=O)(=O)C2CC2)C1. The van der Waals surface area contributed by atoms with E-state index in [2.05, 4.69) is 4.72 Å². The molecule has 1 saturated heterocycles. The zero-order valence-corrected chi connectivity index (χ0v) is 15.2. The van der Waals surface area contributed by atoms with Crippen molar-refractivity contribution in [2.24, 2.45) is 0 Å². The van der Waals surface area contributed by atoms with Crippen molar-refractivity contribution in [1.29, 1.82) is 0 Å². The van der Waals surface area contributed by atoms with Gasteiger partial charge in [0.2, 0.25) is 15.9 Å². The minimum absolute atomic E-state index is 0.0405. The van der Waals surface area contributed by atoms with E-state index in [9.17, 15) is 18.0 Å². The van der Waals surface area contributed by atoms with E-state index in [4.69, 9.17) is 9.47 Å². The first-order valence-corrected chi connectivity index (χ1v) is 9.75. The summed E-state index contributed by atoms with van der Waals surface area (Å²) < 4.78 is 36.4. The van der Waals surface area contributed by atoms with Crippen LogP contribution >= 0.6 is 0 Å². The fourth-order valence-electron chi connectivity index (χ4n) is 2.35. The monoisotopic (exact) mass is 362 g/mol. The van der Waals surface area contributed by atoms with Gasteiger partial charge in [0.1, 0.15) is 5.60 Å². The molecule has 2 rings (SSSR count). The van der Waals surface area contributed by atoms with E-state index in [1.807, 2.05) is 0 Å². The average Bonchev–Trinajstić information content (AvgIpc) is 3.28. The molecule has 1 aliphatic heterocycles. The number of sulfonamides is 1. The molecule has 2 aliphatic rings. The quantitative estimate of drug-likeness (QED) is 0.783. The number of hydrogen-bond donors (Lipinski definition) is 1. The van der Waals surface area contributed by atoms with Crippen LogP contribution in [0, 0.1) is 0 Å². The third-order valence-corrected chi connectivity index (χ3v) is 5.56. The summed E-state index contributed by atoms with van der Waals surface area (Å²) in [7, 11) is -3.51. The van der Waals surface area contributed by atoms with E-state index in [-0.39, 0.29) is 12.5 Å². The van der Waals surface area contributed by atoms with Gasteiger partial charge in [-0.15, -0.1) is 0 Å². The van der Waals surface area contributed by atoms with Gasteiger partial charge in [0, 0.05) is 13.0 Å². The second kappa shape index (κ2) is 7.26. The lowest BCUT2D eigenvalue weighted by Crippen LogP contribution is -2.47. The Hall–Kier alpha value is -1.35. The molecule has 0 aromatic carbocycles. The molecule has 2 fully saturated rings. The van der Waals surface area contributed by atoms with Crippen molar-refractivity contribution in [3.05, 3.63) is 0 Å². The minimum Gasteiger partial charge on any atom is -0.444 e. The number of rotatable bonds is 5. The molecule has 1 aliphatic carbocycles. The highest BCUT2D eigenvalue weighted by molar-refractivity contribution is 7.90. The van der Waals surface area contributed by atoms with E-state index in [0.29, 0.717) is 39.0 Å². The van der Waals surface area contributed by atoms with Crippen LogP contribution in [-0.4, -0.2) is 62.0 Å². The summed E-state index contributed by atoms with van der Waals surface area (Å²) in [6.45, 7) is 6.53. The number of amides is 2. The van der Waals surface area contributed by atoms with Crippen molar-refractivity contribution in [2.45, 2.75) is 63.4 Å². The van der Waals surface area contributed by atoms with Crippen LogP contribution in [-0.2, 0) is 24.3 Å². The fraction of sp³-hybridized carbons (Fsp3) is 0.867. The molecular weight excluding hydrogens is 336 g/mol. The van der Waals surface area contributed by atoms with Gasteiger partial charge < -0.3 is 14.4 Å². The zero-order chi connectivity index (χ0) is 18.0. The molecule has 9 heteroatoms. The summed E-state index contributed by atoms with van der Waals surface area (Å²) in [6.07, 6.45) is 0.903. The van der Waals surface area contributed by atoms with Crippen molar-refractivity contribution >= 4 is 22.0 Å². The topological polar surface area (TPSA) is 102 Å². The third-order valence-electron chi connectivity index (χ3n) is 3.70.